The SMILES string of the molecule is CC(=O)c1sc(NC(=O)N[C@@H]2C[C@@H](N(C)C(C)=O)CC[C@H]2CN(C)CCCc2ccc(F)cc2)nc1C. The number of urea groups is 1. The number of carbonyl (C=O) groups is 3. The van der Waals surface area contributed by atoms with E-state index < -0.39 is 0 Å². The van der Waals surface area contributed by atoms with Gasteiger partial charge in [0, 0.05) is 39.5 Å². The van der Waals surface area contributed by atoms with E-state index in [0.717, 1.165) is 44.3 Å². The van der Waals surface area contributed by atoms with Gasteiger partial charge in [-0.1, -0.05) is 23.5 Å². The third kappa shape index (κ3) is 8.33. The largest absolute Gasteiger partial charge is 0.343 e. The molecule has 2 aromatic rings. The highest BCUT2D eigenvalue weighted by atomic mass is 32.1. The van der Waals surface area contributed by atoms with Gasteiger partial charge in [0.05, 0.1) is 10.6 Å². The van der Waals surface area contributed by atoms with Crippen LogP contribution in [0, 0.1) is 18.7 Å². The fourth-order valence-electron chi connectivity index (χ4n) is 4.99. The van der Waals surface area contributed by atoms with Gasteiger partial charge in [0.1, 0.15) is 5.82 Å². The van der Waals surface area contributed by atoms with Crippen molar-refractivity contribution in [2.24, 2.45) is 5.92 Å². The summed E-state index contributed by atoms with van der Waals surface area (Å²) < 4.78 is 13.1. The van der Waals surface area contributed by atoms with Crippen molar-refractivity contribution in [3.63, 3.8) is 0 Å². The number of hydrogen-bond acceptors (Lipinski definition) is 6. The summed E-state index contributed by atoms with van der Waals surface area (Å²) in [6, 6.07) is 6.22. The number of halogens is 1. The predicted molar refractivity (Wildman–Crippen MR) is 145 cm³/mol. The molecule has 0 unspecified atom stereocenters. The van der Waals surface area contributed by atoms with Gasteiger partial charge in [-0.05, 0) is 76.2 Å². The minimum Gasteiger partial charge on any atom is -0.343 e. The number of amides is 3. The van der Waals surface area contributed by atoms with E-state index in [1.807, 2.05) is 19.2 Å². The Hall–Kier alpha value is -2.85. The summed E-state index contributed by atoms with van der Waals surface area (Å²) in [6.07, 6.45) is 4.27. The van der Waals surface area contributed by atoms with E-state index >= 15 is 0 Å². The molecule has 3 amide bonds. The van der Waals surface area contributed by atoms with Gasteiger partial charge in [-0.2, -0.15) is 0 Å². The fraction of sp³-hybridized carbons (Fsp3) is 0.556. The molecule has 1 saturated carbocycles. The second-order valence-electron chi connectivity index (χ2n) is 10.0. The number of aryl methyl sites for hydroxylation is 2. The lowest BCUT2D eigenvalue weighted by molar-refractivity contribution is -0.130. The molecule has 1 aliphatic carbocycles. The number of rotatable bonds is 10. The maximum atomic E-state index is 13.1. The van der Waals surface area contributed by atoms with Crippen LogP contribution in [0.4, 0.5) is 14.3 Å². The molecule has 0 saturated heterocycles. The number of benzene rings is 1. The van der Waals surface area contributed by atoms with Gasteiger partial charge in [-0.3, -0.25) is 14.9 Å². The van der Waals surface area contributed by atoms with Crippen molar-refractivity contribution >= 4 is 34.2 Å². The highest BCUT2D eigenvalue weighted by molar-refractivity contribution is 7.17. The van der Waals surface area contributed by atoms with E-state index in [-0.39, 0.29) is 41.5 Å². The third-order valence-electron chi connectivity index (χ3n) is 7.13. The van der Waals surface area contributed by atoms with E-state index in [9.17, 15) is 18.8 Å². The van der Waals surface area contributed by atoms with Crippen LogP contribution >= 0.6 is 11.3 Å². The summed E-state index contributed by atoms with van der Waals surface area (Å²) in [4.78, 5) is 45.5. The number of thiazole rings is 1. The molecule has 1 aromatic heterocycles. The van der Waals surface area contributed by atoms with Crippen molar-refractivity contribution in [3.05, 3.63) is 46.2 Å². The average molecular weight is 532 g/mol. The zero-order valence-electron chi connectivity index (χ0n) is 22.3. The molecule has 37 heavy (non-hydrogen) atoms. The number of nitrogens with one attached hydrogen (secondary N) is 2. The molecule has 0 spiro atoms. The smallest absolute Gasteiger partial charge is 0.321 e. The van der Waals surface area contributed by atoms with E-state index in [0.29, 0.717) is 22.1 Å². The monoisotopic (exact) mass is 531 g/mol. The van der Waals surface area contributed by atoms with Crippen LogP contribution in [0.1, 0.15) is 60.5 Å². The third-order valence-corrected chi connectivity index (χ3v) is 8.30. The molecule has 1 heterocycles. The maximum Gasteiger partial charge on any atom is 0.321 e. The molecule has 8 nitrogen and oxygen atoms in total. The molecule has 1 aromatic carbocycles. The van der Waals surface area contributed by atoms with Crippen LogP contribution in [0.3, 0.4) is 0 Å². The van der Waals surface area contributed by atoms with Crippen molar-refractivity contribution in [2.75, 3.05) is 32.5 Å². The molecule has 10 heteroatoms. The Balaban J connectivity index is 1.60. The molecule has 202 valence electrons. The lowest BCUT2D eigenvalue weighted by atomic mass is 9.80. The number of nitrogens with zero attached hydrogens (tertiary/aromatic N) is 3. The zero-order valence-corrected chi connectivity index (χ0v) is 23.2. The van der Waals surface area contributed by atoms with Gasteiger partial charge in [0.25, 0.3) is 0 Å². The van der Waals surface area contributed by atoms with Gasteiger partial charge < -0.3 is 15.1 Å². The van der Waals surface area contributed by atoms with Gasteiger partial charge in [0.15, 0.2) is 10.9 Å². The quantitative estimate of drug-likeness (QED) is 0.441. The zero-order chi connectivity index (χ0) is 27.1. The number of anilines is 1. The molecule has 2 N–H and O–H groups in total. The fourth-order valence-corrected chi connectivity index (χ4v) is 5.85. The first kappa shape index (κ1) is 28.7. The molecular formula is C27H38FN5O3S. The van der Waals surface area contributed by atoms with Crippen LogP contribution in [0.15, 0.2) is 24.3 Å². The number of ketones is 1. The minimum atomic E-state index is -0.357. The summed E-state index contributed by atoms with van der Waals surface area (Å²) in [5.74, 6) is -0.0595. The molecule has 3 atom stereocenters. The Morgan fingerprint density at radius 1 is 1.14 bits per heavy atom. The van der Waals surface area contributed by atoms with E-state index in [4.69, 9.17) is 0 Å². The van der Waals surface area contributed by atoms with Crippen LogP contribution in [-0.4, -0.2) is 71.8 Å². The Labute approximate surface area is 222 Å². The van der Waals surface area contributed by atoms with Gasteiger partial charge in [0.2, 0.25) is 5.91 Å². The lowest BCUT2D eigenvalue weighted by Gasteiger charge is -2.41. The Bertz CT molecular complexity index is 1090. The first-order valence-electron chi connectivity index (χ1n) is 12.8. The number of aromatic nitrogens is 1. The van der Waals surface area contributed by atoms with Crippen LogP contribution < -0.4 is 10.6 Å². The summed E-state index contributed by atoms with van der Waals surface area (Å²) in [5.41, 5.74) is 1.72. The molecular weight excluding hydrogens is 493 g/mol. The molecule has 3 rings (SSSR count). The molecule has 1 aliphatic rings. The standard InChI is InChI=1S/C27H38FN5O3S/c1-17-25(18(2)34)37-27(29-17)31-26(36)30-24-15-23(33(5)19(3)35)13-10-21(24)16-32(4)14-6-7-20-8-11-22(28)12-9-20/h8-9,11-12,21,23-24H,6-7,10,13-16H2,1-5H3,(H2,29,30,31,36)/t21-,23-,24+/m0/s1. The van der Waals surface area contributed by atoms with Crippen molar-refractivity contribution < 1.29 is 18.8 Å². The van der Waals surface area contributed by atoms with Gasteiger partial charge in [-0.25, -0.2) is 14.2 Å². The van der Waals surface area contributed by atoms with Gasteiger partial charge >= 0.3 is 6.03 Å². The predicted octanol–water partition coefficient (Wildman–Crippen LogP) is 4.49. The number of Topliss-reactive ketones (excluding diaryl/α,β-unsaturated/α-hetero) is 1. The number of carbonyl (C=O) groups excluding carboxylic acids is 3. The summed E-state index contributed by atoms with van der Waals surface area (Å²) in [5, 5.41) is 6.30. The molecule has 0 bridgehead atoms. The highest BCUT2D eigenvalue weighted by Gasteiger charge is 2.34. The molecule has 1 fully saturated rings. The average Bonchev–Trinajstić information content (AvgIpc) is 3.20. The van der Waals surface area contributed by atoms with Crippen LogP contribution in [-0.2, 0) is 11.2 Å². The van der Waals surface area contributed by atoms with E-state index in [2.05, 4.69) is 27.6 Å². The van der Waals surface area contributed by atoms with Crippen LogP contribution in [0.25, 0.3) is 0 Å². The van der Waals surface area contributed by atoms with Crippen molar-refractivity contribution in [1.29, 1.82) is 0 Å². The van der Waals surface area contributed by atoms with Crippen molar-refractivity contribution in [2.45, 2.75) is 65.0 Å². The normalized spacial score (nSPS) is 19.5. The summed E-state index contributed by atoms with van der Waals surface area (Å²) >= 11 is 1.17. The first-order chi connectivity index (χ1) is 17.5. The number of hydrogen-bond donors (Lipinski definition) is 2. The molecule has 0 aliphatic heterocycles. The second-order valence-corrected chi connectivity index (χ2v) is 11.0. The topological polar surface area (TPSA) is 94.6 Å². The molecule has 0 radical (unpaired) electrons. The summed E-state index contributed by atoms with van der Waals surface area (Å²) in [6.45, 7) is 6.50. The second kappa shape index (κ2) is 13.1. The first-order valence-corrected chi connectivity index (χ1v) is 13.6. The van der Waals surface area contributed by atoms with Gasteiger partial charge in [-0.15, -0.1) is 0 Å². The van der Waals surface area contributed by atoms with Crippen molar-refractivity contribution in [3.8, 4) is 0 Å². The van der Waals surface area contributed by atoms with E-state index in [1.165, 1.54) is 30.4 Å². The minimum absolute atomic E-state index is 0.0135. The lowest BCUT2D eigenvalue weighted by Crippen LogP contribution is -2.53. The highest BCUT2D eigenvalue weighted by Crippen LogP contribution is 2.29. The van der Waals surface area contributed by atoms with E-state index in [1.54, 1.807) is 18.7 Å². The Kier molecular flexibility index (Phi) is 10.2. The maximum absolute atomic E-state index is 13.1. The van der Waals surface area contributed by atoms with Crippen LogP contribution in [0.5, 0.6) is 0 Å². The Morgan fingerprint density at radius 2 is 1.84 bits per heavy atom. The van der Waals surface area contributed by atoms with Crippen LogP contribution in [0.2, 0.25) is 0 Å². The Morgan fingerprint density at radius 3 is 2.46 bits per heavy atom. The van der Waals surface area contributed by atoms with Crippen molar-refractivity contribution in [1.82, 2.24) is 20.1 Å². The summed E-state index contributed by atoms with van der Waals surface area (Å²) in [7, 11) is 3.89.